The first-order valence-corrected chi connectivity index (χ1v) is 9.41. The Morgan fingerprint density at radius 2 is 1.95 bits per heavy atom. The lowest BCUT2D eigenvalue weighted by molar-refractivity contribution is 0.546. The van der Waals surface area contributed by atoms with Crippen molar-refractivity contribution in [3.05, 3.63) is 11.4 Å². The summed E-state index contributed by atoms with van der Waals surface area (Å²) in [5, 5.41) is 4.13. The summed E-state index contributed by atoms with van der Waals surface area (Å²) >= 11 is 4.07. The van der Waals surface area contributed by atoms with E-state index in [1.807, 2.05) is 30.4 Å². The highest BCUT2D eigenvalue weighted by atomic mass is 32.2. The van der Waals surface area contributed by atoms with Crippen LogP contribution in [0.3, 0.4) is 0 Å². The quantitative estimate of drug-likeness (QED) is 0.580. The van der Waals surface area contributed by atoms with Gasteiger partial charge in [0, 0.05) is 40.0 Å². The van der Waals surface area contributed by atoms with Crippen LogP contribution in [0.2, 0.25) is 0 Å². The first-order chi connectivity index (χ1) is 9.91. The number of hydrogen-bond acceptors (Lipinski definition) is 7. The first-order valence-electron chi connectivity index (χ1n) is 7.20. The van der Waals surface area contributed by atoms with Gasteiger partial charge in [-0.15, -0.1) is 0 Å². The highest BCUT2D eigenvalue weighted by Crippen LogP contribution is 2.27. The van der Waals surface area contributed by atoms with Gasteiger partial charge in [0.05, 0.1) is 0 Å². The summed E-state index contributed by atoms with van der Waals surface area (Å²) in [6.07, 6.45) is 0. The summed E-state index contributed by atoms with van der Waals surface area (Å²) in [4.78, 5) is 9.22. The van der Waals surface area contributed by atoms with Gasteiger partial charge in [0.25, 0.3) is 0 Å². The van der Waals surface area contributed by atoms with Crippen molar-refractivity contribution >= 4 is 35.2 Å². The lowest BCUT2D eigenvalue weighted by Crippen LogP contribution is -2.26. The lowest BCUT2D eigenvalue weighted by Gasteiger charge is -2.24. The molecular weight excluding hydrogens is 302 g/mol. The third kappa shape index (κ3) is 4.40. The van der Waals surface area contributed by atoms with Crippen LogP contribution in [0.4, 0.5) is 11.6 Å². The molecule has 5 nitrogen and oxygen atoms in total. The summed E-state index contributed by atoms with van der Waals surface area (Å²) in [5.41, 5.74) is 3.55. The topological polar surface area (TPSA) is 75.9 Å². The van der Waals surface area contributed by atoms with Crippen molar-refractivity contribution in [1.29, 1.82) is 0 Å². The molecule has 4 N–H and O–H groups in total. The molecule has 1 aromatic heterocycles. The maximum Gasteiger partial charge on any atom is 0.148 e. The molecule has 0 radical (unpaired) electrons. The molecule has 7 heteroatoms. The smallest absolute Gasteiger partial charge is 0.148 e. The van der Waals surface area contributed by atoms with Gasteiger partial charge < -0.3 is 10.7 Å². The van der Waals surface area contributed by atoms with Crippen molar-refractivity contribution in [3.63, 3.8) is 0 Å². The zero-order valence-corrected chi connectivity index (χ0v) is 14.8. The minimum atomic E-state index is -0.106. The van der Waals surface area contributed by atoms with E-state index in [1.165, 1.54) is 17.3 Å². The van der Waals surface area contributed by atoms with Crippen molar-refractivity contribution in [2.45, 2.75) is 38.4 Å². The molecule has 1 fully saturated rings. The Kier molecular flexibility index (Phi) is 5.62. The van der Waals surface area contributed by atoms with Crippen molar-refractivity contribution in [2.24, 2.45) is 5.84 Å². The molecule has 118 valence electrons. The Labute approximate surface area is 135 Å². The average molecular weight is 328 g/mol. The van der Waals surface area contributed by atoms with Gasteiger partial charge >= 0.3 is 0 Å². The second-order valence-electron chi connectivity index (χ2n) is 6.21. The number of aromatic nitrogens is 2. The standard InChI is InChI=1S/C14H25N5S2/c1-9-11(16-7-10-8-20-5-6-21-10)17-13(14(2,3)4)18-12(9)19-15/h10H,5-8,15H2,1-4H3,(H2,16,17,18,19). The van der Waals surface area contributed by atoms with E-state index in [2.05, 4.69) is 36.5 Å². The molecule has 1 aromatic rings. The van der Waals surface area contributed by atoms with E-state index in [1.54, 1.807) is 0 Å². The van der Waals surface area contributed by atoms with Gasteiger partial charge in [-0.2, -0.15) is 23.5 Å². The van der Waals surface area contributed by atoms with Crippen LogP contribution in [0.15, 0.2) is 0 Å². The van der Waals surface area contributed by atoms with Crippen LogP contribution in [0.25, 0.3) is 0 Å². The zero-order valence-electron chi connectivity index (χ0n) is 13.2. The van der Waals surface area contributed by atoms with Crippen LogP contribution >= 0.6 is 23.5 Å². The van der Waals surface area contributed by atoms with E-state index >= 15 is 0 Å². The summed E-state index contributed by atoms with van der Waals surface area (Å²) in [6.45, 7) is 9.25. The number of anilines is 2. The SMILES string of the molecule is Cc1c(NN)nc(C(C)(C)C)nc1NCC1CSCCS1. The number of hydrogen-bond donors (Lipinski definition) is 3. The Bertz CT molecular complexity index is 481. The third-order valence-electron chi connectivity index (χ3n) is 3.34. The molecule has 0 saturated carbocycles. The number of rotatable bonds is 4. The molecule has 1 atom stereocenters. The zero-order chi connectivity index (χ0) is 15.5. The van der Waals surface area contributed by atoms with Gasteiger partial charge in [0.2, 0.25) is 0 Å². The van der Waals surface area contributed by atoms with Crippen LogP contribution < -0.4 is 16.6 Å². The van der Waals surface area contributed by atoms with Gasteiger partial charge in [-0.25, -0.2) is 15.8 Å². The first kappa shape index (κ1) is 16.7. The third-order valence-corrected chi connectivity index (χ3v) is 6.18. The maximum absolute atomic E-state index is 5.60. The number of hydrazine groups is 1. The van der Waals surface area contributed by atoms with E-state index in [0.29, 0.717) is 11.1 Å². The largest absolute Gasteiger partial charge is 0.369 e. The van der Waals surface area contributed by atoms with Crippen molar-refractivity contribution in [2.75, 3.05) is 34.5 Å². The van der Waals surface area contributed by atoms with Crippen LogP contribution in [0.5, 0.6) is 0 Å². The van der Waals surface area contributed by atoms with Gasteiger partial charge in [-0.3, -0.25) is 0 Å². The molecular formula is C14H25N5S2. The van der Waals surface area contributed by atoms with E-state index in [0.717, 1.165) is 23.8 Å². The van der Waals surface area contributed by atoms with Crippen molar-refractivity contribution in [3.8, 4) is 0 Å². The number of nitrogens with one attached hydrogen (secondary N) is 2. The molecule has 1 saturated heterocycles. The molecule has 1 aliphatic rings. The Hall–Kier alpha value is -0.660. The fraction of sp³-hybridized carbons (Fsp3) is 0.714. The molecule has 2 heterocycles. The van der Waals surface area contributed by atoms with Crippen LogP contribution in [-0.4, -0.2) is 39.0 Å². The van der Waals surface area contributed by atoms with Crippen LogP contribution in [0, 0.1) is 6.92 Å². The Balaban J connectivity index is 2.16. The second-order valence-corrected chi connectivity index (χ2v) is 8.77. The van der Waals surface area contributed by atoms with Gasteiger partial charge in [0.1, 0.15) is 17.5 Å². The van der Waals surface area contributed by atoms with Gasteiger partial charge in [-0.1, -0.05) is 20.8 Å². The molecule has 0 spiro atoms. The fourth-order valence-corrected chi connectivity index (χ4v) is 4.64. The van der Waals surface area contributed by atoms with Crippen LogP contribution in [-0.2, 0) is 5.41 Å². The molecule has 0 bridgehead atoms. The predicted octanol–water partition coefficient (Wildman–Crippen LogP) is 2.63. The number of nitrogens with zero attached hydrogens (tertiary/aromatic N) is 2. The molecule has 0 aromatic carbocycles. The predicted molar refractivity (Wildman–Crippen MR) is 95.3 cm³/mol. The summed E-state index contributed by atoms with van der Waals surface area (Å²) < 4.78 is 0. The molecule has 1 aliphatic heterocycles. The molecule has 0 amide bonds. The summed E-state index contributed by atoms with van der Waals surface area (Å²) in [6, 6.07) is 0. The molecule has 0 aliphatic carbocycles. The Morgan fingerprint density at radius 3 is 2.52 bits per heavy atom. The summed E-state index contributed by atoms with van der Waals surface area (Å²) in [5.74, 6) is 11.7. The van der Waals surface area contributed by atoms with Crippen molar-refractivity contribution in [1.82, 2.24) is 9.97 Å². The Morgan fingerprint density at radius 1 is 1.24 bits per heavy atom. The van der Waals surface area contributed by atoms with E-state index in [4.69, 9.17) is 10.8 Å². The normalized spacial score (nSPS) is 19.4. The van der Waals surface area contributed by atoms with Gasteiger partial charge in [0.15, 0.2) is 0 Å². The highest BCUT2D eigenvalue weighted by Gasteiger charge is 2.21. The minimum absolute atomic E-state index is 0.106. The lowest BCUT2D eigenvalue weighted by atomic mass is 9.95. The maximum atomic E-state index is 5.60. The monoisotopic (exact) mass is 327 g/mol. The number of nitrogen functional groups attached to an aromatic ring is 1. The van der Waals surface area contributed by atoms with Crippen molar-refractivity contribution < 1.29 is 0 Å². The molecule has 2 rings (SSSR count). The van der Waals surface area contributed by atoms with E-state index in [-0.39, 0.29) is 5.41 Å². The molecule has 1 unspecified atom stereocenters. The second kappa shape index (κ2) is 7.07. The minimum Gasteiger partial charge on any atom is -0.369 e. The fourth-order valence-electron chi connectivity index (χ4n) is 2.03. The van der Waals surface area contributed by atoms with Crippen LogP contribution in [0.1, 0.15) is 32.2 Å². The number of nitrogens with two attached hydrogens (primary N) is 1. The highest BCUT2D eigenvalue weighted by molar-refractivity contribution is 8.06. The number of thioether (sulfide) groups is 2. The van der Waals surface area contributed by atoms with Gasteiger partial charge in [-0.05, 0) is 6.92 Å². The van der Waals surface area contributed by atoms with E-state index in [9.17, 15) is 0 Å². The summed E-state index contributed by atoms with van der Waals surface area (Å²) in [7, 11) is 0. The molecule has 21 heavy (non-hydrogen) atoms. The average Bonchev–Trinajstić information content (AvgIpc) is 2.46. The van der Waals surface area contributed by atoms with E-state index < -0.39 is 0 Å².